The molecule has 0 aliphatic carbocycles. The maximum absolute atomic E-state index is 10.9. The van der Waals surface area contributed by atoms with Crippen molar-refractivity contribution in [1.82, 2.24) is 0 Å². The highest BCUT2D eigenvalue weighted by atomic mass is 16.6. The van der Waals surface area contributed by atoms with E-state index in [1.165, 1.54) is 14.0 Å². The van der Waals surface area contributed by atoms with E-state index in [0.29, 0.717) is 0 Å². The van der Waals surface area contributed by atoms with Crippen LogP contribution in [0.3, 0.4) is 0 Å². The van der Waals surface area contributed by atoms with Gasteiger partial charge in [-0.2, -0.15) is 0 Å². The summed E-state index contributed by atoms with van der Waals surface area (Å²) >= 11 is 0. The van der Waals surface area contributed by atoms with E-state index in [9.17, 15) is 9.90 Å². The molecule has 0 amide bonds. The predicted octanol–water partition coefficient (Wildman–Crippen LogP) is 0.450. The molecule has 4 atom stereocenters. The average molecular weight is 218 g/mol. The summed E-state index contributed by atoms with van der Waals surface area (Å²) in [5.41, 5.74) is -0.706. The fourth-order valence-corrected chi connectivity index (χ4v) is 1.93. The van der Waals surface area contributed by atoms with Gasteiger partial charge in [-0.05, 0) is 13.8 Å². The number of carbonyl (C=O) groups excluding carboxylic acids is 1. The van der Waals surface area contributed by atoms with Gasteiger partial charge in [-0.15, -0.1) is 0 Å². The first-order valence-electron chi connectivity index (χ1n) is 4.95. The van der Waals surface area contributed by atoms with Crippen molar-refractivity contribution in [3.8, 4) is 0 Å². The molecule has 1 saturated heterocycles. The van der Waals surface area contributed by atoms with Crippen LogP contribution in [0.1, 0.15) is 27.2 Å². The van der Waals surface area contributed by atoms with Crippen LogP contribution in [-0.4, -0.2) is 42.3 Å². The molecule has 0 aromatic rings. The van der Waals surface area contributed by atoms with Crippen LogP contribution in [0.5, 0.6) is 0 Å². The number of esters is 1. The minimum Gasteiger partial charge on any atom is -0.457 e. The average Bonchev–Trinajstić information content (AvgIpc) is 2.11. The van der Waals surface area contributed by atoms with E-state index in [-0.39, 0.29) is 18.5 Å². The Morgan fingerprint density at radius 2 is 2.20 bits per heavy atom. The molecule has 1 aliphatic heterocycles. The fraction of sp³-hybridized carbons (Fsp3) is 0.900. The molecule has 1 N–H and O–H groups in total. The quantitative estimate of drug-likeness (QED) is 0.682. The number of carbonyl (C=O) groups is 1. The maximum atomic E-state index is 10.9. The Balaban J connectivity index is 2.82. The standard InChI is InChI=1S/C10H18O5/c1-6-9(15-7(2)11)10(3,13-4)5-8(12)14-6/h6,8-9,12H,5H2,1-4H3. The molecule has 0 saturated carbocycles. The van der Waals surface area contributed by atoms with Crippen molar-refractivity contribution in [2.45, 2.75) is 51.3 Å². The summed E-state index contributed by atoms with van der Waals surface area (Å²) in [6.07, 6.45) is -1.48. The molecule has 0 radical (unpaired) electrons. The van der Waals surface area contributed by atoms with E-state index in [0.717, 1.165) is 0 Å². The Bertz CT molecular complexity index is 242. The molecule has 0 aromatic carbocycles. The van der Waals surface area contributed by atoms with Crippen LogP contribution in [-0.2, 0) is 19.0 Å². The summed E-state index contributed by atoms with van der Waals surface area (Å²) in [5.74, 6) is -0.380. The van der Waals surface area contributed by atoms with Crippen molar-refractivity contribution in [2.24, 2.45) is 0 Å². The molecule has 88 valence electrons. The molecule has 5 nitrogen and oxygen atoms in total. The predicted molar refractivity (Wildman–Crippen MR) is 52.1 cm³/mol. The monoisotopic (exact) mass is 218 g/mol. The van der Waals surface area contributed by atoms with E-state index < -0.39 is 18.0 Å². The van der Waals surface area contributed by atoms with Crippen molar-refractivity contribution in [1.29, 1.82) is 0 Å². The third-order valence-electron chi connectivity index (χ3n) is 2.74. The van der Waals surface area contributed by atoms with Gasteiger partial charge in [0.05, 0.1) is 6.10 Å². The Morgan fingerprint density at radius 1 is 1.60 bits per heavy atom. The highest BCUT2D eigenvalue weighted by Crippen LogP contribution is 2.33. The van der Waals surface area contributed by atoms with Crippen molar-refractivity contribution in [2.75, 3.05) is 7.11 Å². The summed E-state index contributed by atoms with van der Waals surface area (Å²) in [5, 5.41) is 9.46. The van der Waals surface area contributed by atoms with E-state index in [1.54, 1.807) is 13.8 Å². The van der Waals surface area contributed by atoms with Gasteiger partial charge < -0.3 is 19.3 Å². The lowest BCUT2D eigenvalue weighted by molar-refractivity contribution is -0.269. The van der Waals surface area contributed by atoms with Gasteiger partial charge in [0.25, 0.3) is 0 Å². The molecule has 0 bridgehead atoms. The Kier molecular flexibility index (Phi) is 3.70. The third-order valence-corrected chi connectivity index (χ3v) is 2.74. The lowest BCUT2D eigenvalue weighted by Crippen LogP contribution is -2.57. The molecule has 0 spiro atoms. The highest BCUT2D eigenvalue weighted by molar-refractivity contribution is 5.66. The van der Waals surface area contributed by atoms with Crippen molar-refractivity contribution in [3.05, 3.63) is 0 Å². The second-order valence-corrected chi connectivity index (χ2v) is 4.05. The van der Waals surface area contributed by atoms with Gasteiger partial charge in [0, 0.05) is 20.5 Å². The van der Waals surface area contributed by atoms with Crippen LogP contribution < -0.4 is 0 Å². The Hall–Kier alpha value is -0.650. The number of rotatable bonds is 2. The van der Waals surface area contributed by atoms with Gasteiger partial charge in [0.2, 0.25) is 0 Å². The van der Waals surface area contributed by atoms with Crippen LogP contribution in [0.4, 0.5) is 0 Å². The zero-order chi connectivity index (χ0) is 11.6. The maximum Gasteiger partial charge on any atom is 0.303 e. The summed E-state index contributed by atoms with van der Waals surface area (Å²) in [6.45, 7) is 4.88. The number of aliphatic hydroxyl groups is 1. The topological polar surface area (TPSA) is 65.0 Å². The first kappa shape index (κ1) is 12.4. The SMILES string of the molecule is COC1(C)CC(O)OC(C)C1OC(C)=O. The number of methoxy groups -OCH3 is 1. The van der Waals surface area contributed by atoms with Gasteiger partial charge in [-0.1, -0.05) is 0 Å². The zero-order valence-electron chi connectivity index (χ0n) is 9.52. The molecular weight excluding hydrogens is 200 g/mol. The zero-order valence-corrected chi connectivity index (χ0v) is 9.52. The van der Waals surface area contributed by atoms with E-state index >= 15 is 0 Å². The third kappa shape index (κ3) is 2.68. The number of hydrogen-bond acceptors (Lipinski definition) is 5. The highest BCUT2D eigenvalue weighted by Gasteiger charge is 2.47. The summed E-state index contributed by atoms with van der Waals surface area (Å²) in [7, 11) is 1.53. The molecule has 4 unspecified atom stereocenters. The number of aliphatic hydroxyl groups excluding tert-OH is 1. The van der Waals surface area contributed by atoms with Crippen molar-refractivity contribution in [3.63, 3.8) is 0 Å². The van der Waals surface area contributed by atoms with Crippen LogP contribution in [0.15, 0.2) is 0 Å². The van der Waals surface area contributed by atoms with Gasteiger partial charge in [-0.25, -0.2) is 0 Å². The van der Waals surface area contributed by atoms with Crippen molar-refractivity contribution < 1.29 is 24.1 Å². The molecule has 0 aromatic heterocycles. The lowest BCUT2D eigenvalue weighted by atomic mass is 9.88. The minimum atomic E-state index is -0.878. The molecular formula is C10H18O5. The minimum absolute atomic E-state index is 0.284. The van der Waals surface area contributed by atoms with Crippen LogP contribution in [0, 0.1) is 0 Å². The van der Waals surface area contributed by atoms with Gasteiger partial charge in [-0.3, -0.25) is 4.79 Å². The summed E-state index contributed by atoms with van der Waals surface area (Å²) in [4.78, 5) is 10.9. The number of ether oxygens (including phenoxy) is 3. The largest absolute Gasteiger partial charge is 0.457 e. The van der Waals surface area contributed by atoms with Gasteiger partial charge in [0.15, 0.2) is 12.4 Å². The smallest absolute Gasteiger partial charge is 0.303 e. The van der Waals surface area contributed by atoms with Crippen molar-refractivity contribution >= 4 is 5.97 Å². The number of hydrogen-bond donors (Lipinski definition) is 1. The summed E-state index contributed by atoms with van der Waals surface area (Å²) in [6, 6.07) is 0. The first-order valence-corrected chi connectivity index (χ1v) is 4.95. The van der Waals surface area contributed by atoms with Crippen LogP contribution >= 0.6 is 0 Å². The van der Waals surface area contributed by atoms with Crippen LogP contribution in [0.25, 0.3) is 0 Å². The Labute approximate surface area is 89.3 Å². The molecule has 15 heavy (non-hydrogen) atoms. The second kappa shape index (κ2) is 4.47. The second-order valence-electron chi connectivity index (χ2n) is 4.05. The molecule has 1 heterocycles. The van der Waals surface area contributed by atoms with E-state index in [4.69, 9.17) is 14.2 Å². The van der Waals surface area contributed by atoms with E-state index in [2.05, 4.69) is 0 Å². The summed E-state index contributed by atoms with van der Waals surface area (Å²) < 4.78 is 15.7. The molecule has 1 rings (SSSR count). The Morgan fingerprint density at radius 3 is 2.67 bits per heavy atom. The van der Waals surface area contributed by atoms with Gasteiger partial charge in [0.1, 0.15) is 5.60 Å². The first-order chi connectivity index (χ1) is 6.89. The van der Waals surface area contributed by atoms with Gasteiger partial charge >= 0.3 is 5.97 Å². The lowest BCUT2D eigenvalue weighted by Gasteiger charge is -2.44. The molecule has 5 heteroatoms. The fourth-order valence-electron chi connectivity index (χ4n) is 1.93. The molecule has 1 fully saturated rings. The normalized spacial score (nSPS) is 41.3. The molecule has 1 aliphatic rings. The van der Waals surface area contributed by atoms with E-state index in [1.807, 2.05) is 0 Å². The van der Waals surface area contributed by atoms with Crippen LogP contribution in [0.2, 0.25) is 0 Å².